The summed E-state index contributed by atoms with van der Waals surface area (Å²) in [5.74, 6) is 1.61. The topological polar surface area (TPSA) is 73.8 Å². The Morgan fingerprint density at radius 3 is 2.74 bits per heavy atom. The zero-order valence-electron chi connectivity index (χ0n) is 16.3. The van der Waals surface area contributed by atoms with Crippen molar-refractivity contribution in [1.82, 2.24) is 14.9 Å². The molecule has 2 aliphatic heterocycles. The lowest BCUT2D eigenvalue weighted by atomic mass is 9.80. The standard InChI is InChI=1S/C20H33N5O2/c26-17-5-4-10-24(15-17)18-6-9-21-19(23-18)22-16-20(7-2-1-3-8-20)25-11-13-27-14-12-25/h6,9,17,26H,1-5,7-8,10-16H2,(H,21,22,23). The summed E-state index contributed by atoms with van der Waals surface area (Å²) in [6, 6.07) is 1.95. The largest absolute Gasteiger partial charge is 0.391 e. The Morgan fingerprint density at radius 2 is 1.96 bits per heavy atom. The molecule has 1 atom stereocenters. The molecule has 3 fully saturated rings. The first-order valence-corrected chi connectivity index (χ1v) is 10.6. The van der Waals surface area contributed by atoms with Gasteiger partial charge in [0, 0.05) is 44.5 Å². The van der Waals surface area contributed by atoms with Crippen LogP contribution < -0.4 is 10.2 Å². The van der Waals surface area contributed by atoms with Crippen molar-refractivity contribution in [3.63, 3.8) is 0 Å². The van der Waals surface area contributed by atoms with E-state index in [0.29, 0.717) is 12.5 Å². The second kappa shape index (κ2) is 8.71. The van der Waals surface area contributed by atoms with Crippen LogP contribution in [-0.2, 0) is 4.74 Å². The van der Waals surface area contributed by atoms with Crippen molar-refractivity contribution >= 4 is 11.8 Å². The van der Waals surface area contributed by atoms with Gasteiger partial charge in [0.25, 0.3) is 0 Å². The van der Waals surface area contributed by atoms with Crippen molar-refractivity contribution in [3.8, 4) is 0 Å². The molecule has 0 bridgehead atoms. The SMILES string of the molecule is OC1CCCN(c2ccnc(NCC3(N4CCOCC4)CCCCC3)n2)C1. The van der Waals surface area contributed by atoms with Gasteiger partial charge in [-0.1, -0.05) is 19.3 Å². The highest BCUT2D eigenvalue weighted by Crippen LogP contribution is 2.34. The second-order valence-corrected chi connectivity index (χ2v) is 8.22. The van der Waals surface area contributed by atoms with Crippen LogP contribution in [0.1, 0.15) is 44.9 Å². The van der Waals surface area contributed by atoms with Crippen molar-refractivity contribution in [2.45, 2.75) is 56.6 Å². The van der Waals surface area contributed by atoms with Crippen LogP contribution in [0.15, 0.2) is 12.3 Å². The fourth-order valence-electron chi connectivity index (χ4n) is 4.87. The highest BCUT2D eigenvalue weighted by Gasteiger charge is 2.38. The van der Waals surface area contributed by atoms with Crippen molar-refractivity contribution in [3.05, 3.63) is 12.3 Å². The number of aromatic nitrogens is 2. The van der Waals surface area contributed by atoms with E-state index >= 15 is 0 Å². The van der Waals surface area contributed by atoms with Crippen LogP contribution in [-0.4, -0.2) is 77.6 Å². The van der Waals surface area contributed by atoms with Crippen LogP contribution in [0.2, 0.25) is 0 Å². The number of morpholine rings is 1. The number of nitrogens with zero attached hydrogens (tertiary/aromatic N) is 4. The number of hydrogen-bond acceptors (Lipinski definition) is 7. The summed E-state index contributed by atoms with van der Waals surface area (Å²) in [6.07, 6.45) is 9.87. The Hall–Kier alpha value is -1.44. The van der Waals surface area contributed by atoms with Crippen molar-refractivity contribution in [1.29, 1.82) is 0 Å². The summed E-state index contributed by atoms with van der Waals surface area (Å²) in [6.45, 7) is 6.22. The Morgan fingerprint density at radius 1 is 1.15 bits per heavy atom. The quantitative estimate of drug-likeness (QED) is 0.814. The molecule has 0 amide bonds. The maximum absolute atomic E-state index is 9.95. The molecule has 7 heteroatoms. The van der Waals surface area contributed by atoms with Crippen LogP contribution in [0.25, 0.3) is 0 Å². The highest BCUT2D eigenvalue weighted by atomic mass is 16.5. The van der Waals surface area contributed by atoms with Gasteiger partial charge in [0.05, 0.1) is 19.3 Å². The van der Waals surface area contributed by atoms with Crippen LogP contribution in [0.5, 0.6) is 0 Å². The lowest BCUT2D eigenvalue weighted by Gasteiger charge is -2.48. The summed E-state index contributed by atoms with van der Waals surface area (Å²) < 4.78 is 5.58. The molecular formula is C20H33N5O2. The molecule has 4 rings (SSSR count). The molecule has 3 heterocycles. The number of anilines is 2. The Labute approximate surface area is 162 Å². The normalized spacial score (nSPS) is 26.7. The molecule has 150 valence electrons. The molecule has 0 aromatic carbocycles. The predicted molar refractivity (Wildman–Crippen MR) is 106 cm³/mol. The number of piperidine rings is 1. The van der Waals surface area contributed by atoms with Gasteiger partial charge in [0.1, 0.15) is 5.82 Å². The minimum absolute atomic E-state index is 0.197. The van der Waals surface area contributed by atoms with Gasteiger partial charge in [-0.05, 0) is 31.7 Å². The first-order chi connectivity index (χ1) is 13.3. The summed E-state index contributed by atoms with van der Waals surface area (Å²) in [5.41, 5.74) is 0.197. The van der Waals surface area contributed by atoms with E-state index in [4.69, 9.17) is 9.72 Å². The van der Waals surface area contributed by atoms with Crippen LogP contribution in [0.3, 0.4) is 0 Å². The minimum Gasteiger partial charge on any atom is -0.391 e. The van der Waals surface area contributed by atoms with Crippen molar-refractivity contribution < 1.29 is 9.84 Å². The van der Waals surface area contributed by atoms with Crippen molar-refractivity contribution in [2.24, 2.45) is 0 Å². The Balaban J connectivity index is 1.43. The average molecular weight is 376 g/mol. The first-order valence-electron chi connectivity index (χ1n) is 10.6. The van der Waals surface area contributed by atoms with E-state index in [1.165, 1.54) is 32.1 Å². The van der Waals surface area contributed by atoms with Crippen LogP contribution in [0, 0.1) is 0 Å². The molecule has 2 N–H and O–H groups in total. The molecule has 1 saturated carbocycles. The minimum atomic E-state index is -0.253. The van der Waals surface area contributed by atoms with E-state index in [1.807, 2.05) is 12.3 Å². The molecule has 7 nitrogen and oxygen atoms in total. The van der Waals surface area contributed by atoms with Gasteiger partial charge in [-0.3, -0.25) is 4.90 Å². The van der Waals surface area contributed by atoms with Crippen LogP contribution in [0.4, 0.5) is 11.8 Å². The van der Waals surface area contributed by atoms with E-state index < -0.39 is 0 Å². The third-order valence-electron chi connectivity index (χ3n) is 6.40. The maximum atomic E-state index is 9.95. The van der Waals surface area contributed by atoms with Gasteiger partial charge in [-0.2, -0.15) is 4.98 Å². The second-order valence-electron chi connectivity index (χ2n) is 8.22. The zero-order valence-corrected chi connectivity index (χ0v) is 16.3. The number of aliphatic hydroxyl groups excluding tert-OH is 1. The summed E-state index contributed by atoms with van der Waals surface area (Å²) >= 11 is 0. The fraction of sp³-hybridized carbons (Fsp3) is 0.800. The maximum Gasteiger partial charge on any atom is 0.224 e. The fourth-order valence-corrected chi connectivity index (χ4v) is 4.87. The van der Waals surface area contributed by atoms with E-state index in [9.17, 15) is 5.11 Å². The smallest absolute Gasteiger partial charge is 0.224 e. The molecule has 1 aliphatic carbocycles. The lowest BCUT2D eigenvalue weighted by molar-refractivity contribution is -0.0319. The van der Waals surface area contributed by atoms with Crippen molar-refractivity contribution in [2.75, 3.05) is 56.2 Å². The van der Waals surface area contributed by atoms with E-state index in [-0.39, 0.29) is 11.6 Å². The molecule has 2 saturated heterocycles. The molecule has 1 aromatic heterocycles. The molecular weight excluding hydrogens is 342 g/mol. The Bertz CT molecular complexity index is 602. The molecule has 3 aliphatic rings. The number of nitrogens with one attached hydrogen (secondary N) is 1. The van der Waals surface area contributed by atoms with Gasteiger partial charge in [0.2, 0.25) is 5.95 Å². The third kappa shape index (κ3) is 4.52. The Kier molecular flexibility index (Phi) is 6.10. The molecule has 0 radical (unpaired) electrons. The number of rotatable bonds is 5. The van der Waals surface area contributed by atoms with Gasteiger partial charge in [0.15, 0.2) is 0 Å². The van der Waals surface area contributed by atoms with E-state index in [1.54, 1.807) is 0 Å². The molecule has 0 spiro atoms. The number of aliphatic hydroxyl groups is 1. The summed E-state index contributed by atoms with van der Waals surface area (Å²) in [5, 5.41) is 13.5. The first kappa shape index (κ1) is 18.9. The van der Waals surface area contributed by atoms with Crippen LogP contribution >= 0.6 is 0 Å². The monoisotopic (exact) mass is 375 g/mol. The highest BCUT2D eigenvalue weighted by molar-refractivity contribution is 5.43. The molecule has 1 unspecified atom stereocenters. The molecule has 1 aromatic rings. The lowest BCUT2D eigenvalue weighted by Crippen LogP contribution is -2.58. The van der Waals surface area contributed by atoms with E-state index in [0.717, 1.165) is 58.1 Å². The number of ether oxygens (including phenoxy) is 1. The zero-order chi connectivity index (χ0) is 18.5. The third-order valence-corrected chi connectivity index (χ3v) is 6.40. The summed E-state index contributed by atoms with van der Waals surface area (Å²) in [7, 11) is 0. The van der Waals surface area contributed by atoms with Gasteiger partial charge >= 0.3 is 0 Å². The number of hydrogen-bond donors (Lipinski definition) is 2. The number of β-amino-alcohol motifs (C(OH)–C–C–N with tert-alkyl or cyclic N) is 1. The van der Waals surface area contributed by atoms with Gasteiger partial charge in [-0.25, -0.2) is 4.98 Å². The summed E-state index contributed by atoms with van der Waals surface area (Å²) in [4.78, 5) is 14.0. The van der Waals surface area contributed by atoms with E-state index in [2.05, 4.69) is 20.1 Å². The average Bonchev–Trinajstić information content (AvgIpc) is 2.74. The van der Waals surface area contributed by atoms with Gasteiger partial charge in [-0.15, -0.1) is 0 Å². The molecule has 27 heavy (non-hydrogen) atoms. The predicted octanol–water partition coefficient (Wildman–Crippen LogP) is 1.88. The van der Waals surface area contributed by atoms with Gasteiger partial charge < -0.3 is 20.1 Å².